The zero-order valence-electron chi connectivity index (χ0n) is 16.4. The smallest absolute Gasteiger partial charge is 0.240 e. The Kier molecular flexibility index (Phi) is 6.06. The Labute approximate surface area is 177 Å². The first-order valence-corrected chi connectivity index (χ1v) is 10.5. The molecule has 0 spiro atoms. The standard InChI is InChI=1S/C22H21F2N3O2S/c1-29-17-7-2-14(3-8-17)11-27(16-5-6-16)12-21(28)26-22-25-20(13-30-22)15-4-9-18(23)19(24)10-15/h2-4,7-10,13,16H,5-6,11-12H2,1H3,(H,25,26,28). The average molecular weight is 429 g/mol. The number of hydrogen-bond acceptors (Lipinski definition) is 5. The number of anilines is 1. The van der Waals surface area contributed by atoms with E-state index in [2.05, 4.69) is 15.2 Å². The van der Waals surface area contributed by atoms with Crippen molar-refractivity contribution >= 4 is 22.4 Å². The van der Waals surface area contributed by atoms with Crippen LogP contribution in [0.15, 0.2) is 47.8 Å². The number of carbonyl (C=O) groups excluding carboxylic acids is 1. The molecular formula is C22H21F2N3O2S. The molecular weight excluding hydrogens is 408 g/mol. The van der Waals surface area contributed by atoms with Gasteiger partial charge in [-0.25, -0.2) is 13.8 Å². The van der Waals surface area contributed by atoms with Crippen molar-refractivity contribution in [2.24, 2.45) is 0 Å². The van der Waals surface area contributed by atoms with E-state index >= 15 is 0 Å². The number of hydrogen-bond donors (Lipinski definition) is 1. The summed E-state index contributed by atoms with van der Waals surface area (Å²) in [6, 6.07) is 11.9. The van der Waals surface area contributed by atoms with Crippen LogP contribution in [0.25, 0.3) is 11.3 Å². The van der Waals surface area contributed by atoms with Crippen LogP contribution in [-0.2, 0) is 11.3 Å². The number of aromatic nitrogens is 1. The number of nitrogens with zero attached hydrogens (tertiary/aromatic N) is 2. The van der Waals surface area contributed by atoms with Gasteiger partial charge in [-0.3, -0.25) is 9.69 Å². The van der Waals surface area contributed by atoms with Crippen LogP contribution >= 0.6 is 11.3 Å². The van der Waals surface area contributed by atoms with Gasteiger partial charge in [-0.1, -0.05) is 12.1 Å². The van der Waals surface area contributed by atoms with Gasteiger partial charge in [0.15, 0.2) is 16.8 Å². The van der Waals surface area contributed by atoms with Crippen LogP contribution in [-0.4, -0.2) is 35.5 Å². The molecule has 8 heteroatoms. The number of amides is 1. The Morgan fingerprint density at radius 2 is 1.97 bits per heavy atom. The highest BCUT2D eigenvalue weighted by molar-refractivity contribution is 7.14. The van der Waals surface area contributed by atoms with Crippen molar-refractivity contribution in [1.82, 2.24) is 9.88 Å². The summed E-state index contributed by atoms with van der Waals surface area (Å²) in [5.74, 6) is -1.18. The molecule has 30 heavy (non-hydrogen) atoms. The molecule has 1 aliphatic carbocycles. The minimum atomic E-state index is -0.926. The maximum atomic E-state index is 13.4. The lowest BCUT2D eigenvalue weighted by Gasteiger charge is -2.21. The molecule has 1 heterocycles. The fourth-order valence-electron chi connectivity index (χ4n) is 3.18. The maximum Gasteiger partial charge on any atom is 0.240 e. The summed E-state index contributed by atoms with van der Waals surface area (Å²) in [7, 11) is 1.63. The minimum Gasteiger partial charge on any atom is -0.497 e. The van der Waals surface area contributed by atoms with Crippen LogP contribution in [0.5, 0.6) is 5.75 Å². The number of carbonyl (C=O) groups is 1. The highest BCUT2D eigenvalue weighted by Gasteiger charge is 2.30. The summed E-state index contributed by atoms with van der Waals surface area (Å²) in [5, 5.41) is 4.95. The van der Waals surface area contributed by atoms with Gasteiger partial charge in [-0.2, -0.15) is 0 Å². The summed E-state index contributed by atoms with van der Waals surface area (Å²) >= 11 is 1.25. The van der Waals surface area contributed by atoms with E-state index in [9.17, 15) is 13.6 Å². The third kappa shape index (κ3) is 5.01. The zero-order chi connectivity index (χ0) is 21.1. The van der Waals surface area contributed by atoms with Gasteiger partial charge in [0.05, 0.1) is 19.3 Å². The quantitative estimate of drug-likeness (QED) is 0.564. The van der Waals surface area contributed by atoms with Crippen LogP contribution in [0, 0.1) is 11.6 Å². The van der Waals surface area contributed by atoms with Crippen molar-refractivity contribution in [3.63, 3.8) is 0 Å². The Hall–Kier alpha value is -2.84. The molecule has 1 amide bonds. The number of ether oxygens (including phenoxy) is 1. The number of rotatable bonds is 8. The summed E-state index contributed by atoms with van der Waals surface area (Å²) in [5.41, 5.74) is 2.07. The number of benzene rings is 2. The van der Waals surface area contributed by atoms with E-state index in [0.717, 1.165) is 36.3 Å². The van der Waals surface area contributed by atoms with Gasteiger partial charge in [-0.15, -0.1) is 11.3 Å². The Bertz CT molecular complexity index is 1040. The van der Waals surface area contributed by atoms with Gasteiger partial charge >= 0.3 is 0 Å². The van der Waals surface area contributed by atoms with Gasteiger partial charge in [0.25, 0.3) is 0 Å². The average Bonchev–Trinajstić information content (AvgIpc) is 3.49. The van der Waals surface area contributed by atoms with E-state index in [-0.39, 0.29) is 12.5 Å². The van der Waals surface area contributed by atoms with Crippen molar-refractivity contribution < 1.29 is 18.3 Å². The molecule has 3 aromatic rings. The zero-order valence-corrected chi connectivity index (χ0v) is 17.2. The van der Waals surface area contributed by atoms with Crippen LogP contribution in [0.1, 0.15) is 18.4 Å². The molecule has 0 aliphatic heterocycles. The first-order chi connectivity index (χ1) is 14.5. The van der Waals surface area contributed by atoms with E-state index in [1.807, 2.05) is 24.3 Å². The molecule has 156 valence electrons. The minimum absolute atomic E-state index is 0.151. The van der Waals surface area contributed by atoms with Crippen LogP contribution < -0.4 is 10.1 Å². The summed E-state index contributed by atoms with van der Waals surface area (Å²) < 4.78 is 31.8. The maximum absolute atomic E-state index is 13.4. The van der Waals surface area contributed by atoms with Crippen LogP contribution in [0.2, 0.25) is 0 Å². The number of thiazole rings is 1. The Balaban J connectivity index is 1.38. The normalized spacial score (nSPS) is 13.5. The lowest BCUT2D eigenvalue weighted by molar-refractivity contribution is -0.117. The van der Waals surface area contributed by atoms with Crippen molar-refractivity contribution in [1.29, 1.82) is 0 Å². The van der Waals surface area contributed by atoms with E-state index in [1.165, 1.54) is 17.4 Å². The van der Waals surface area contributed by atoms with Gasteiger partial charge in [0, 0.05) is 23.5 Å². The van der Waals surface area contributed by atoms with Gasteiger partial charge in [-0.05, 0) is 48.7 Å². The predicted octanol–water partition coefficient (Wildman–Crippen LogP) is 4.70. The molecule has 4 rings (SSSR count). The molecule has 1 aliphatic rings. The summed E-state index contributed by atoms with van der Waals surface area (Å²) in [4.78, 5) is 19.1. The SMILES string of the molecule is COc1ccc(CN(CC(=O)Nc2nc(-c3ccc(F)c(F)c3)cs2)C2CC2)cc1. The van der Waals surface area contributed by atoms with Gasteiger partial charge < -0.3 is 10.1 Å². The van der Waals surface area contributed by atoms with E-state index in [4.69, 9.17) is 4.74 Å². The molecule has 1 aromatic heterocycles. The van der Waals surface area contributed by atoms with Crippen molar-refractivity contribution in [2.45, 2.75) is 25.4 Å². The number of methoxy groups -OCH3 is 1. The third-order valence-corrected chi connectivity index (χ3v) is 5.68. The second kappa shape index (κ2) is 8.89. The predicted molar refractivity (Wildman–Crippen MR) is 113 cm³/mol. The van der Waals surface area contributed by atoms with Crippen LogP contribution in [0.3, 0.4) is 0 Å². The molecule has 0 saturated heterocycles. The molecule has 0 bridgehead atoms. The molecule has 1 saturated carbocycles. The fourth-order valence-corrected chi connectivity index (χ4v) is 3.92. The second-order valence-electron chi connectivity index (χ2n) is 7.20. The van der Waals surface area contributed by atoms with Crippen molar-refractivity contribution in [3.8, 4) is 17.0 Å². The molecule has 0 radical (unpaired) electrons. The molecule has 5 nitrogen and oxygen atoms in total. The molecule has 0 unspecified atom stereocenters. The number of nitrogens with one attached hydrogen (secondary N) is 1. The first-order valence-electron chi connectivity index (χ1n) is 9.59. The van der Waals surface area contributed by atoms with E-state index in [1.54, 1.807) is 12.5 Å². The molecule has 1 N–H and O–H groups in total. The highest BCUT2D eigenvalue weighted by Crippen LogP contribution is 2.29. The Morgan fingerprint density at radius 3 is 2.63 bits per heavy atom. The van der Waals surface area contributed by atoms with Gasteiger partial charge in [0.2, 0.25) is 5.91 Å². The lowest BCUT2D eigenvalue weighted by Crippen LogP contribution is -2.34. The van der Waals surface area contributed by atoms with Crippen molar-refractivity contribution in [2.75, 3.05) is 19.0 Å². The third-order valence-electron chi connectivity index (χ3n) is 4.92. The van der Waals surface area contributed by atoms with E-state index < -0.39 is 11.6 Å². The first kappa shape index (κ1) is 20.4. The van der Waals surface area contributed by atoms with Crippen molar-refractivity contribution in [3.05, 3.63) is 65.0 Å². The topological polar surface area (TPSA) is 54.5 Å². The molecule has 1 fully saturated rings. The second-order valence-corrected chi connectivity index (χ2v) is 8.06. The van der Waals surface area contributed by atoms with Gasteiger partial charge in [0.1, 0.15) is 5.75 Å². The monoisotopic (exact) mass is 429 g/mol. The molecule has 2 aromatic carbocycles. The fraction of sp³-hybridized carbons (Fsp3) is 0.273. The Morgan fingerprint density at radius 1 is 1.20 bits per heavy atom. The van der Waals surface area contributed by atoms with Crippen LogP contribution in [0.4, 0.5) is 13.9 Å². The number of halogens is 2. The largest absolute Gasteiger partial charge is 0.497 e. The lowest BCUT2D eigenvalue weighted by atomic mass is 10.2. The molecule has 0 atom stereocenters. The van der Waals surface area contributed by atoms with E-state index in [0.29, 0.717) is 29.0 Å². The highest BCUT2D eigenvalue weighted by atomic mass is 32.1. The summed E-state index contributed by atoms with van der Waals surface area (Å²) in [6.45, 7) is 0.941. The summed E-state index contributed by atoms with van der Waals surface area (Å²) in [6.07, 6.45) is 2.17.